The lowest BCUT2D eigenvalue weighted by Gasteiger charge is -2.17. The molecule has 1 aliphatic heterocycles. The lowest BCUT2D eigenvalue weighted by molar-refractivity contribution is -0.117. The van der Waals surface area contributed by atoms with Gasteiger partial charge in [0.05, 0.1) is 5.75 Å². The molecule has 1 saturated heterocycles. The number of amides is 3. The van der Waals surface area contributed by atoms with Crippen LogP contribution < -0.4 is 10.6 Å². The summed E-state index contributed by atoms with van der Waals surface area (Å²) in [4.78, 5) is 24.2. The van der Waals surface area contributed by atoms with Crippen molar-refractivity contribution >= 4 is 40.2 Å². The Labute approximate surface area is 104 Å². The van der Waals surface area contributed by atoms with Gasteiger partial charge in [-0.05, 0) is 12.8 Å². The van der Waals surface area contributed by atoms with Gasteiger partial charge in [-0.2, -0.15) is 0 Å². The Morgan fingerprint density at radius 1 is 1.38 bits per heavy atom. The number of hydrogen-bond acceptors (Lipinski definition) is 4. The molecule has 0 aliphatic carbocycles. The van der Waals surface area contributed by atoms with E-state index in [2.05, 4.69) is 15.5 Å². The van der Waals surface area contributed by atoms with Gasteiger partial charge >= 0.3 is 6.03 Å². The van der Waals surface area contributed by atoms with Gasteiger partial charge in [-0.25, -0.2) is 4.79 Å². The molecule has 0 saturated carbocycles. The van der Waals surface area contributed by atoms with E-state index in [9.17, 15) is 9.59 Å². The first-order chi connectivity index (χ1) is 7.63. The highest BCUT2D eigenvalue weighted by Gasteiger charge is 2.16. The van der Waals surface area contributed by atoms with Gasteiger partial charge < -0.3 is 10.2 Å². The molecule has 16 heavy (non-hydrogen) atoms. The minimum Gasteiger partial charge on any atom is -0.358 e. The average molecular weight is 261 g/mol. The molecule has 0 bridgehead atoms. The Bertz CT molecular complexity index is 290. The third-order valence-corrected chi connectivity index (χ3v) is 3.69. The maximum Gasteiger partial charge on any atom is 0.321 e. The van der Waals surface area contributed by atoms with Gasteiger partial charge in [-0.1, -0.05) is 24.0 Å². The van der Waals surface area contributed by atoms with Crippen LogP contribution >= 0.6 is 24.0 Å². The number of carbonyl (C=O) groups excluding carboxylic acids is 2. The molecule has 1 heterocycles. The maximum absolute atomic E-state index is 11.3. The van der Waals surface area contributed by atoms with E-state index in [4.69, 9.17) is 12.2 Å². The van der Waals surface area contributed by atoms with E-state index >= 15 is 0 Å². The third-order valence-electron chi connectivity index (χ3n) is 2.17. The summed E-state index contributed by atoms with van der Waals surface area (Å²) in [5, 5.41) is 4.50. The molecule has 0 radical (unpaired) electrons. The first-order valence-corrected chi connectivity index (χ1v) is 6.46. The minimum atomic E-state index is -0.488. The smallest absolute Gasteiger partial charge is 0.321 e. The van der Waals surface area contributed by atoms with Crippen LogP contribution in [0.15, 0.2) is 0 Å². The van der Waals surface area contributed by atoms with Crippen molar-refractivity contribution in [3.8, 4) is 0 Å². The Morgan fingerprint density at radius 2 is 2.00 bits per heavy atom. The lowest BCUT2D eigenvalue weighted by Crippen LogP contribution is -2.38. The number of carbonyl (C=O) groups is 2. The zero-order chi connectivity index (χ0) is 12.0. The van der Waals surface area contributed by atoms with Crippen LogP contribution in [0.1, 0.15) is 12.8 Å². The predicted octanol–water partition coefficient (Wildman–Crippen LogP) is 0.556. The van der Waals surface area contributed by atoms with Crippen LogP contribution in [0.25, 0.3) is 0 Å². The molecule has 0 aromatic carbocycles. The molecule has 1 aliphatic rings. The number of rotatable bonds is 2. The highest BCUT2D eigenvalue weighted by Crippen LogP contribution is 2.15. The van der Waals surface area contributed by atoms with Crippen LogP contribution in [0, 0.1) is 0 Å². The molecule has 0 aromatic heterocycles. The number of thioether (sulfide) groups is 1. The standard InChI is InChI=1S/C9H15N3O2S2/c1-10-8(14)11-7(13)6-16-9(15)12-4-2-3-5-12/h2-6H2,1H3,(H2,10,11,13,14). The number of hydrogen-bond donors (Lipinski definition) is 2. The molecule has 0 unspecified atom stereocenters. The first kappa shape index (κ1) is 13.2. The van der Waals surface area contributed by atoms with Crippen molar-refractivity contribution < 1.29 is 9.59 Å². The van der Waals surface area contributed by atoms with Gasteiger partial charge in [0.2, 0.25) is 5.91 Å². The highest BCUT2D eigenvalue weighted by molar-refractivity contribution is 8.23. The third kappa shape index (κ3) is 4.36. The van der Waals surface area contributed by atoms with Gasteiger partial charge in [-0.3, -0.25) is 10.1 Å². The Hall–Kier alpha value is -0.820. The summed E-state index contributed by atoms with van der Waals surface area (Å²) in [6, 6.07) is -0.488. The molecular formula is C9H15N3O2S2. The second-order valence-corrected chi connectivity index (χ2v) is 4.99. The molecule has 3 amide bonds. The van der Waals surface area contributed by atoms with Gasteiger partial charge in [0.25, 0.3) is 0 Å². The van der Waals surface area contributed by atoms with Gasteiger partial charge in [0, 0.05) is 20.1 Å². The van der Waals surface area contributed by atoms with E-state index in [1.165, 1.54) is 18.8 Å². The van der Waals surface area contributed by atoms with Crippen LogP contribution in [0.5, 0.6) is 0 Å². The molecule has 0 aromatic rings. The van der Waals surface area contributed by atoms with Crippen LogP contribution in [-0.4, -0.2) is 47.0 Å². The average Bonchev–Trinajstić information content (AvgIpc) is 2.79. The zero-order valence-corrected chi connectivity index (χ0v) is 10.7. The second-order valence-electron chi connectivity index (χ2n) is 3.38. The van der Waals surface area contributed by atoms with Crippen molar-refractivity contribution in [3.05, 3.63) is 0 Å². The van der Waals surface area contributed by atoms with Crippen LogP contribution in [0.3, 0.4) is 0 Å². The summed E-state index contributed by atoms with van der Waals surface area (Å²) in [6.45, 7) is 1.95. The van der Waals surface area contributed by atoms with E-state index in [0.29, 0.717) is 0 Å². The number of imide groups is 1. The van der Waals surface area contributed by atoms with Crippen LogP contribution in [-0.2, 0) is 4.79 Å². The molecule has 2 N–H and O–H groups in total. The SMILES string of the molecule is CNC(=O)NC(=O)CSC(=S)N1CCCC1. The number of likely N-dealkylation sites (tertiary alicyclic amines) is 1. The number of nitrogens with one attached hydrogen (secondary N) is 2. The number of nitrogens with zero attached hydrogens (tertiary/aromatic N) is 1. The summed E-state index contributed by atoms with van der Waals surface area (Å²) < 4.78 is 0.740. The minimum absolute atomic E-state index is 0.183. The fourth-order valence-corrected chi connectivity index (χ4v) is 2.39. The first-order valence-electron chi connectivity index (χ1n) is 5.06. The Morgan fingerprint density at radius 3 is 2.56 bits per heavy atom. The predicted molar refractivity (Wildman–Crippen MR) is 68.5 cm³/mol. The van der Waals surface area contributed by atoms with Gasteiger partial charge in [-0.15, -0.1) is 0 Å². The van der Waals surface area contributed by atoms with Gasteiger partial charge in [0.1, 0.15) is 4.32 Å². The fraction of sp³-hybridized carbons (Fsp3) is 0.667. The summed E-state index contributed by atoms with van der Waals surface area (Å²) in [7, 11) is 1.46. The maximum atomic E-state index is 11.3. The van der Waals surface area contributed by atoms with E-state index in [-0.39, 0.29) is 11.7 Å². The van der Waals surface area contributed by atoms with Crippen LogP contribution in [0.2, 0.25) is 0 Å². The normalized spacial score (nSPS) is 14.7. The molecule has 0 atom stereocenters. The topological polar surface area (TPSA) is 61.4 Å². The molecule has 5 nitrogen and oxygen atoms in total. The highest BCUT2D eigenvalue weighted by atomic mass is 32.2. The summed E-state index contributed by atoms with van der Waals surface area (Å²) >= 11 is 6.48. The molecule has 0 spiro atoms. The number of thiocarbonyl (C=S) groups is 1. The van der Waals surface area contributed by atoms with E-state index in [1.54, 1.807) is 0 Å². The van der Waals surface area contributed by atoms with Crippen LogP contribution in [0.4, 0.5) is 4.79 Å². The quantitative estimate of drug-likeness (QED) is 0.711. The zero-order valence-electron chi connectivity index (χ0n) is 9.12. The molecule has 7 heteroatoms. The molecule has 90 valence electrons. The monoisotopic (exact) mass is 261 g/mol. The van der Waals surface area contributed by atoms with Crippen molar-refractivity contribution in [2.45, 2.75) is 12.8 Å². The van der Waals surface area contributed by atoms with Crippen molar-refractivity contribution in [1.82, 2.24) is 15.5 Å². The molecular weight excluding hydrogens is 246 g/mol. The second kappa shape index (κ2) is 6.70. The summed E-state index contributed by atoms with van der Waals surface area (Å²) in [5.41, 5.74) is 0. The number of urea groups is 1. The molecule has 1 fully saturated rings. The Kier molecular flexibility index (Phi) is 5.54. The van der Waals surface area contributed by atoms with E-state index in [1.807, 2.05) is 0 Å². The van der Waals surface area contributed by atoms with Crippen molar-refractivity contribution in [1.29, 1.82) is 0 Å². The summed E-state index contributed by atoms with van der Waals surface area (Å²) in [6.07, 6.45) is 2.32. The lowest BCUT2D eigenvalue weighted by atomic mass is 10.4. The molecule has 1 rings (SSSR count). The van der Waals surface area contributed by atoms with Gasteiger partial charge in [0.15, 0.2) is 0 Å². The fourth-order valence-electron chi connectivity index (χ4n) is 1.34. The largest absolute Gasteiger partial charge is 0.358 e. The van der Waals surface area contributed by atoms with E-state index in [0.717, 1.165) is 30.3 Å². The van der Waals surface area contributed by atoms with Crippen molar-refractivity contribution in [3.63, 3.8) is 0 Å². The van der Waals surface area contributed by atoms with Crippen molar-refractivity contribution in [2.24, 2.45) is 0 Å². The summed E-state index contributed by atoms with van der Waals surface area (Å²) in [5.74, 6) is -0.145. The van der Waals surface area contributed by atoms with Crippen molar-refractivity contribution in [2.75, 3.05) is 25.9 Å². The van der Waals surface area contributed by atoms with E-state index < -0.39 is 6.03 Å². The Balaban J connectivity index is 2.20.